The van der Waals surface area contributed by atoms with E-state index in [-0.39, 0.29) is 0 Å². The number of carbonyl (C=O) groups is 1. The molecule has 0 fully saturated rings. The Hall–Kier alpha value is -1.06. The zero-order valence-electron chi connectivity index (χ0n) is 9.37. The lowest BCUT2D eigenvalue weighted by atomic mass is 10.1. The van der Waals surface area contributed by atoms with Crippen molar-refractivity contribution in [3.8, 4) is 0 Å². The minimum atomic E-state index is -0.573. The van der Waals surface area contributed by atoms with Gasteiger partial charge in [-0.05, 0) is 19.8 Å². The molecule has 4 nitrogen and oxygen atoms in total. The molecule has 0 unspecified atom stereocenters. The Morgan fingerprint density at radius 1 is 1.21 bits per heavy atom. The average molecular weight is 201 g/mol. The Labute approximate surface area is 85.3 Å². The zero-order chi connectivity index (χ0) is 11.0. The Kier molecular flexibility index (Phi) is 6.80. The molecule has 0 aromatic rings. The van der Waals surface area contributed by atoms with Gasteiger partial charge in [-0.2, -0.15) is 0 Å². The minimum Gasteiger partial charge on any atom is -0.481 e. The first-order valence-corrected chi connectivity index (χ1v) is 4.97. The van der Waals surface area contributed by atoms with Crippen LogP contribution in [0.15, 0.2) is 4.99 Å². The molecule has 1 amide bonds. The second-order valence-electron chi connectivity index (χ2n) is 3.24. The van der Waals surface area contributed by atoms with E-state index in [9.17, 15) is 4.79 Å². The first-order valence-electron chi connectivity index (χ1n) is 4.97. The van der Waals surface area contributed by atoms with E-state index in [0.29, 0.717) is 31.5 Å². The Balaban J connectivity index is 4.23. The Bertz CT molecular complexity index is 200. The van der Waals surface area contributed by atoms with Crippen molar-refractivity contribution in [1.29, 1.82) is 0 Å². The predicted molar refractivity (Wildman–Crippen MR) is 55.5 cm³/mol. The van der Waals surface area contributed by atoms with Gasteiger partial charge in [-0.25, -0.2) is 4.79 Å². The summed E-state index contributed by atoms with van der Waals surface area (Å²) in [4.78, 5) is 14.7. The summed E-state index contributed by atoms with van der Waals surface area (Å²) in [7, 11) is 0. The van der Waals surface area contributed by atoms with Crippen LogP contribution in [0.3, 0.4) is 0 Å². The summed E-state index contributed by atoms with van der Waals surface area (Å²) >= 11 is 0. The van der Waals surface area contributed by atoms with Gasteiger partial charge in [0.25, 0.3) is 0 Å². The van der Waals surface area contributed by atoms with Crippen molar-refractivity contribution < 1.29 is 14.3 Å². The number of ether oxygens (including phenoxy) is 2. The third-order valence-electron chi connectivity index (χ3n) is 1.38. The fourth-order valence-corrected chi connectivity index (χ4v) is 0.910. The van der Waals surface area contributed by atoms with Gasteiger partial charge in [-0.1, -0.05) is 13.8 Å². The van der Waals surface area contributed by atoms with Crippen LogP contribution in [0.25, 0.3) is 0 Å². The van der Waals surface area contributed by atoms with E-state index in [1.807, 2.05) is 20.8 Å². The molecule has 14 heavy (non-hydrogen) atoms. The summed E-state index contributed by atoms with van der Waals surface area (Å²) in [5.41, 5.74) is 0. The van der Waals surface area contributed by atoms with Crippen LogP contribution in [0.5, 0.6) is 0 Å². The number of rotatable bonds is 4. The molecule has 0 heterocycles. The summed E-state index contributed by atoms with van der Waals surface area (Å²) in [6, 6.07) is 0. The van der Waals surface area contributed by atoms with E-state index in [4.69, 9.17) is 9.47 Å². The monoisotopic (exact) mass is 201 g/mol. The van der Waals surface area contributed by atoms with Crippen molar-refractivity contribution in [2.75, 3.05) is 13.2 Å². The van der Waals surface area contributed by atoms with Crippen molar-refractivity contribution in [1.82, 2.24) is 0 Å². The van der Waals surface area contributed by atoms with Crippen LogP contribution in [-0.2, 0) is 9.47 Å². The largest absolute Gasteiger partial charge is 0.481 e. The number of hydrogen-bond acceptors (Lipinski definition) is 3. The molecule has 0 N–H and O–H groups in total. The molecule has 0 spiro atoms. The van der Waals surface area contributed by atoms with Gasteiger partial charge in [0.2, 0.25) is 0 Å². The fraction of sp³-hybridized carbons (Fsp3) is 0.800. The van der Waals surface area contributed by atoms with Crippen molar-refractivity contribution in [2.24, 2.45) is 10.9 Å². The number of nitrogens with zero attached hydrogens (tertiary/aromatic N) is 1. The molecule has 0 rings (SSSR count). The summed E-state index contributed by atoms with van der Waals surface area (Å²) < 4.78 is 9.91. The van der Waals surface area contributed by atoms with Gasteiger partial charge in [-0.3, -0.25) is 0 Å². The highest BCUT2D eigenvalue weighted by Crippen LogP contribution is 2.03. The molecule has 0 aliphatic heterocycles. The molecule has 0 saturated heterocycles. The van der Waals surface area contributed by atoms with E-state index in [1.54, 1.807) is 6.92 Å². The van der Waals surface area contributed by atoms with Gasteiger partial charge < -0.3 is 9.47 Å². The highest BCUT2D eigenvalue weighted by Gasteiger charge is 2.07. The molecular weight excluding hydrogens is 182 g/mol. The lowest BCUT2D eigenvalue weighted by Gasteiger charge is -2.08. The third kappa shape index (κ3) is 6.46. The number of amides is 1. The van der Waals surface area contributed by atoms with Crippen molar-refractivity contribution in [2.45, 2.75) is 34.1 Å². The van der Waals surface area contributed by atoms with Crippen LogP contribution in [0, 0.1) is 5.92 Å². The summed E-state index contributed by atoms with van der Waals surface area (Å²) in [6.45, 7) is 8.55. The highest BCUT2D eigenvalue weighted by molar-refractivity contribution is 5.88. The summed E-state index contributed by atoms with van der Waals surface area (Å²) in [6.07, 6.45) is 0.0868. The third-order valence-corrected chi connectivity index (χ3v) is 1.38. The normalized spacial score (nSPS) is 11.6. The van der Waals surface area contributed by atoms with Crippen LogP contribution >= 0.6 is 0 Å². The molecule has 82 valence electrons. The van der Waals surface area contributed by atoms with Gasteiger partial charge in [0.1, 0.15) is 0 Å². The second kappa shape index (κ2) is 7.35. The maximum atomic E-state index is 11.0. The first kappa shape index (κ1) is 12.9. The number of hydrogen-bond donors (Lipinski definition) is 0. The van der Waals surface area contributed by atoms with Crippen LogP contribution in [0.1, 0.15) is 34.1 Å². The van der Waals surface area contributed by atoms with Crippen LogP contribution in [-0.4, -0.2) is 25.2 Å². The lowest BCUT2D eigenvalue weighted by Crippen LogP contribution is -2.11. The van der Waals surface area contributed by atoms with E-state index >= 15 is 0 Å². The molecule has 0 aliphatic rings. The van der Waals surface area contributed by atoms with Crippen LogP contribution in [0.4, 0.5) is 4.79 Å². The van der Waals surface area contributed by atoms with E-state index < -0.39 is 6.09 Å². The lowest BCUT2D eigenvalue weighted by molar-refractivity contribution is 0.162. The van der Waals surface area contributed by atoms with E-state index in [0.717, 1.165) is 0 Å². The van der Waals surface area contributed by atoms with E-state index in [1.165, 1.54) is 0 Å². The number of carbonyl (C=O) groups excluding carboxylic acids is 1. The molecular formula is C10H19NO3. The molecule has 0 bridgehead atoms. The molecule has 0 atom stereocenters. The molecule has 4 heteroatoms. The standard InChI is InChI=1S/C10H19NO3/c1-5-13-9(7-8(3)4)11-10(12)14-6-2/h8H,5-7H2,1-4H3/b11-9-. The van der Waals surface area contributed by atoms with E-state index in [2.05, 4.69) is 4.99 Å². The SMILES string of the molecule is CCOC(=O)/N=C(/CC(C)C)OCC. The molecule has 0 radical (unpaired) electrons. The maximum absolute atomic E-state index is 11.0. The topological polar surface area (TPSA) is 47.9 Å². The smallest absolute Gasteiger partial charge is 0.436 e. The van der Waals surface area contributed by atoms with Crippen molar-refractivity contribution in [3.05, 3.63) is 0 Å². The van der Waals surface area contributed by atoms with Gasteiger partial charge in [-0.15, -0.1) is 4.99 Å². The second-order valence-corrected chi connectivity index (χ2v) is 3.24. The minimum absolute atomic E-state index is 0.337. The quantitative estimate of drug-likeness (QED) is 0.519. The molecule has 0 aliphatic carbocycles. The fourth-order valence-electron chi connectivity index (χ4n) is 0.910. The number of aliphatic imine (C=N–C) groups is 1. The Morgan fingerprint density at radius 2 is 1.79 bits per heavy atom. The van der Waals surface area contributed by atoms with Crippen LogP contribution in [0.2, 0.25) is 0 Å². The van der Waals surface area contributed by atoms with Gasteiger partial charge in [0, 0.05) is 6.42 Å². The zero-order valence-corrected chi connectivity index (χ0v) is 9.37. The van der Waals surface area contributed by atoms with Crippen molar-refractivity contribution >= 4 is 12.0 Å². The highest BCUT2D eigenvalue weighted by atomic mass is 16.6. The predicted octanol–water partition coefficient (Wildman–Crippen LogP) is 2.62. The molecule has 0 saturated carbocycles. The molecule has 0 aromatic heterocycles. The Morgan fingerprint density at radius 3 is 2.21 bits per heavy atom. The van der Waals surface area contributed by atoms with Crippen molar-refractivity contribution in [3.63, 3.8) is 0 Å². The molecule has 0 aromatic carbocycles. The maximum Gasteiger partial charge on any atom is 0.436 e. The van der Waals surface area contributed by atoms with Gasteiger partial charge in [0.05, 0.1) is 13.2 Å². The van der Waals surface area contributed by atoms with Gasteiger partial charge >= 0.3 is 6.09 Å². The van der Waals surface area contributed by atoms with Crippen LogP contribution < -0.4 is 0 Å². The van der Waals surface area contributed by atoms with Gasteiger partial charge in [0.15, 0.2) is 5.90 Å². The summed E-state index contributed by atoms with van der Waals surface area (Å²) in [5, 5.41) is 0. The summed E-state index contributed by atoms with van der Waals surface area (Å²) in [5.74, 6) is 0.871. The first-order chi connectivity index (χ1) is 6.60. The average Bonchev–Trinajstić information content (AvgIpc) is 2.03.